The molecule has 4 rings (SSSR count). The van der Waals surface area contributed by atoms with Gasteiger partial charge in [-0.15, -0.1) is 0 Å². The molecule has 1 fully saturated rings. The number of piperidine rings is 1. The van der Waals surface area contributed by atoms with Crippen LogP contribution in [0.3, 0.4) is 0 Å². The second-order valence-electron chi connectivity index (χ2n) is 7.26. The smallest absolute Gasteiger partial charge is 0.167 e. The Bertz CT molecular complexity index is 945. The van der Waals surface area contributed by atoms with Crippen LogP contribution in [0.5, 0.6) is 11.5 Å². The number of Topliss-reactive ketones (excluding diaryl/α,β-unsaturated/α-hetero) is 1. The molecule has 146 valence electrons. The summed E-state index contributed by atoms with van der Waals surface area (Å²) in [6.07, 6.45) is 1.91. The number of fused-ring (bicyclic) bond motifs is 1. The van der Waals surface area contributed by atoms with Crippen molar-refractivity contribution >= 4 is 16.8 Å². The first kappa shape index (κ1) is 18.6. The first-order valence-electron chi connectivity index (χ1n) is 9.64. The van der Waals surface area contributed by atoms with E-state index in [-0.39, 0.29) is 11.7 Å². The van der Waals surface area contributed by atoms with Gasteiger partial charge in [0.15, 0.2) is 17.3 Å². The quantitative estimate of drug-likeness (QED) is 0.588. The molecule has 0 spiro atoms. The van der Waals surface area contributed by atoms with Gasteiger partial charge in [-0.1, -0.05) is 18.2 Å². The lowest BCUT2D eigenvalue weighted by molar-refractivity contribution is 0.0803. The predicted octanol–water partition coefficient (Wildman–Crippen LogP) is 4.54. The molecule has 1 atom stereocenters. The van der Waals surface area contributed by atoms with E-state index in [0.717, 1.165) is 49.2 Å². The van der Waals surface area contributed by atoms with E-state index in [1.165, 1.54) is 0 Å². The van der Waals surface area contributed by atoms with E-state index in [1.807, 2.05) is 24.3 Å². The van der Waals surface area contributed by atoms with Crippen molar-refractivity contribution in [3.05, 3.63) is 59.9 Å². The molecule has 1 aliphatic heterocycles. The number of nitrogens with zero attached hydrogens (tertiary/aromatic N) is 1. The van der Waals surface area contributed by atoms with Gasteiger partial charge in [-0.05, 0) is 49.7 Å². The average Bonchev–Trinajstić information content (AvgIpc) is 3.15. The first-order chi connectivity index (χ1) is 13.7. The van der Waals surface area contributed by atoms with Crippen molar-refractivity contribution in [3.63, 3.8) is 0 Å². The average molecular weight is 379 g/mol. The Morgan fingerprint density at radius 3 is 2.71 bits per heavy atom. The molecule has 0 bridgehead atoms. The number of ether oxygens (including phenoxy) is 2. The van der Waals surface area contributed by atoms with E-state index in [0.29, 0.717) is 17.1 Å². The number of benzene rings is 2. The van der Waals surface area contributed by atoms with Gasteiger partial charge in [0, 0.05) is 23.4 Å². The van der Waals surface area contributed by atoms with Crippen LogP contribution in [0.4, 0.5) is 0 Å². The Morgan fingerprint density at radius 2 is 1.93 bits per heavy atom. The zero-order valence-corrected chi connectivity index (χ0v) is 16.3. The number of para-hydroxylation sites is 1. The highest BCUT2D eigenvalue weighted by molar-refractivity contribution is 5.98. The predicted molar refractivity (Wildman–Crippen MR) is 108 cm³/mol. The number of hydrogen-bond acceptors (Lipinski definition) is 5. The maximum absolute atomic E-state index is 13.1. The second-order valence-corrected chi connectivity index (χ2v) is 7.26. The van der Waals surface area contributed by atoms with Gasteiger partial charge in [0.25, 0.3) is 0 Å². The van der Waals surface area contributed by atoms with E-state index in [4.69, 9.17) is 13.9 Å². The molecule has 0 amide bonds. The molecule has 0 unspecified atom stereocenters. The monoisotopic (exact) mass is 379 g/mol. The molecule has 2 heterocycles. The summed E-state index contributed by atoms with van der Waals surface area (Å²) >= 11 is 0. The topological polar surface area (TPSA) is 51.9 Å². The maximum atomic E-state index is 13.1. The fourth-order valence-electron chi connectivity index (χ4n) is 3.97. The summed E-state index contributed by atoms with van der Waals surface area (Å²) in [5.41, 5.74) is 1.58. The lowest BCUT2D eigenvalue weighted by Crippen LogP contribution is -2.38. The van der Waals surface area contributed by atoms with Crippen LogP contribution in [-0.4, -0.2) is 38.0 Å². The van der Waals surface area contributed by atoms with Crippen molar-refractivity contribution in [3.8, 4) is 11.5 Å². The number of ketones is 1. The number of methoxy groups -OCH3 is 2. The van der Waals surface area contributed by atoms with Gasteiger partial charge in [-0.25, -0.2) is 0 Å². The molecule has 1 saturated heterocycles. The summed E-state index contributed by atoms with van der Waals surface area (Å²) in [5.74, 6) is 2.31. The van der Waals surface area contributed by atoms with Gasteiger partial charge < -0.3 is 13.9 Å². The minimum Gasteiger partial charge on any atom is -0.493 e. The highest BCUT2D eigenvalue weighted by Gasteiger charge is 2.27. The van der Waals surface area contributed by atoms with Crippen LogP contribution in [0.2, 0.25) is 0 Å². The van der Waals surface area contributed by atoms with Crippen molar-refractivity contribution in [2.24, 2.45) is 5.92 Å². The minimum absolute atomic E-state index is 0.0174. The molecule has 1 aromatic heterocycles. The van der Waals surface area contributed by atoms with Crippen LogP contribution in [0.25, 0.3) is 11.0 Å². The molecule has 0 saturated carbocycles. The molecule has 28 heavy (non-hydrogen) atoms. The molecule has 5 nitrogen and oxygen atoms in total. The third-order valence-electron chi connectivity index (χ3n) is 5.40. The lowest BCUT2D eigenvalue weighted by Gasteiger charge is -2.31. The Labute approximate surface area is 164 Å². The summed E-state index contributed by atoms with van der Waals surface area (Å²) in [6.45, 7) is 2.45. The summed E-state index contributed by atoms with van der Waals surface area (Å²) in [4.78, 5) is 15.4. The van der Waals surface area contributed by atoms with Crippen molar-refractivity contribution < 1.29 is 18.7 Å². The van der Waals surface area contributed by atoms with Gasteiger partial charge in [-0.2, -0.15) is 0 Å². The number of carbonyl (C=O) groups excluding carboxylic acids is 1. The summed E-state index contributed by atoms with van der Waals surface area (Å²) in [5, 5.41) is 1.12. The van der Waals surface area contributed by atoms with Crippen molar-refractivity contribution in [1.82, 2.24) is 4.90 Å². The first-order valence-corrected chi connectivity index (χ1v) is 9.64. The molecule has 3 aromatic rings. The normalized spacial score (nSPS) is 17.6. The number of furan rings is 1. The number of likely N-dealkylation sites (tertiary alicyclic amines) is 1. The van der Waals surface area contributed by atoms with E-state index in [9.17, 15) is 4.79 Å². The van der Waals surface area contributed by atoms with E-state index >= 15 is 0 Å². The van der Waals surface area contributed by atoms with Crippen LogP contribution in [0.15, 0.2) is 52.9 Å². The fourth-order valence-corrected chi connectivity index (χ4v) is 3.97. The van der Waals surface area contributed by atoms with Crippen molar-refractivity contribution in [2.75, 3.05) is 27.3 Å². The molecule has 2 aromatic carbocycles. The maximum Gasteiger partial charge on any atom is 0.167 e. The van der Waals surface area contributed by atoms with Gasteiger partial charge in [0.1, 0.15) is 11.3 Å². The zero-order chi connectivity index (χ0) is 19.5. The van der Waals surface area contributed by atoms with Gasteiger partial charge >= 0.3 is 0 Å². The summed E-state index contributed by atoms with van der Waals surface area (Å²) in [7, 11) is 3.18. The van der Waals surface area contributed by atoms with E-state index in [2.05, 4.69) is 17.0 Å². The number of carbonyl (C=O) groups is 1. The van der Waals surface area contributed by atoms with Crippen LogP contribution in [-0.2, 0) is 6.54 Å². The molecule has 0 radical (unpaired) electrons. The Hall–Kier alpha value is -2.79. The van der Waals surface area contributed by atoms with Crippen LogP contribution >= 0.6 is 0 Å². The molecular weight excluding hydrogens is 354 g/mol. The summed E-state index contributed by atoms with van der Waals surface area (Å²) in [6, 6.07) is 15.5. The van der Waals surface area contributed by atoms with Crippen molar-refractivity contribution in [1.29, 1.82) is 0 Å². The Morgan fingerprint density at radius 1 is 1.11 bits per heavy atom. The highest BCUT2D eigenvalue weighted by atomic mass is 16.5. The lowest BCUT2D eigenvalue weighted by atomic mass is 9.90. The largest absolute Gasteiger partial charge is 0.493 e. The standard InChI is InChI=1S/C23H25NO4/c1-26-21-10-9-17(13-22(21)27-2)23(25)18-7-5-11-24(14-18)15-19-12-16-6-3-4-8-20(16)28-19/h3-4,6,8-10,12-13,18H,5,7,11,14-15H2,1-2H3/t18-/m1/s1. The van der Waals surface area contributed by atoms with Gasteiger partial charge in [0.2, 0.25) is 0 Å². The molecule has 0 aliphatic carbocycles. The van der Waals surface area contributed by atoms with E-state index < -0.39 is 0 Å². The fraction of sp³-hybridized carbons (Fsp3) is 0.348. The second kappa shape index (κ2) is 8.07. The summed E-state index contributed by atoms with van der Waals surface area (Å²) < 4.78 is 16.6. The third kappa shape index (κ3) is 3.76. The van der Waals surface area contributed by atoms with Gasteiger partial charge in [-0.3, -0.25) is 9.69 Å². The Balaban J connectivity index is 1.46. The number of hydrogen-bond donors (Lipinski definition) is 0. The third-order valence-corrected chi connectivity index (χ3v) is 5.40. The van der Waals surface area contributed by atoms with E-state index in [1.54, 1.807) is 26.4 Å². The number of rotatable bonds is 6. The van der Waals surface area contributed by atoms with Crippen LogP contribution < -0.4 is 9.47 Å². The van der Waals surface area contributed by atoms with Crippen LogP contribution in [0.1, 0.15) is 29.0 Å². The van der Waals surface area contributed by atoms with Crippen molar-refractivity contribution in [2.45, 2.75) is 19.4 Å². The minimum atomic E-state index is -0.0174. The molecule has 1 aliphatic rings. The zero-order valence-electron chi connectivity index (χ0n) is 16.3. The molecular formula is C23H25NO4. The van der Waals surface area contributed by atoms with Gasteiger partial charge in [0.05, 0.1) is 20.8 Å². The molecule has 0 N–H and O–H groups in total. The van der Waals surface area contributed by atoms with Crippen LogP contribution in [0, 0.1) is 5.92 Å². The SMILES string of the molecule is COc1ccc(C(=O)[C@@H]2CCCN(Cc3cc4ccccc4o3)C2)cc1OC. The highest BCUT2D eigenvalue weighted by Crippen LogP contribution is 2.30. The Kier molecular flexibility index (Phi) is 5.35. The molecule has 5 heteroatoms.